The van der Waals surface area contributed by atoms with Gasteiger partial charge >= 0.3 is 0 Å². The summed E-state index contributed by atoms with van der Waals surface area (Å²) in [4.78, 5) is 13.7. The van der Waals surface area contributed by atoms with Crippen LogP contribution in [0.1, 0.15) is 61.7 Å². The second-order valence-electron chi connectivity index (χ2n) is 10.3. The van der Waals surface area contributed by atoms with Crippen LogP contribution in [0.2, 0.25) is 0 Å². The summed E-state index contributed by atoms with van der Waals surface area (Å²) >= 11 is 0. The van der Waals surface area contributed by atoms with Crippen molar-refractivity contribution in [3.05, 3.63) is 101 Å². The number of fused-ring (bicyclic) bond motifs is 4. The molecule has 5 rings (SSSR count). The number of nitrogens with zero attached hydrogens (tertiary/aromatic N) is 1. The van der Waals surface area contributed by atoms with E-state index in [-0.39, 0.29) is 10.8 Å². The first-order valence-electron chi connectivity index (χ1n) is 11.2. The molecular formula is C30H29NO. The first-order valence-corrected chi connectivity index (χ1v) is 11.2. The summed E-state index contributed by atoms with van der Waals surface area (Å²) in [5.41, 5.74) is 8.16. The Morgan fingerprint density at radius 2 is 1.53 bits per heavy atom. The molecule has 1 aliphatic rings. The molecule has 4 aromatic carbocycles. The smallest absolute Gasteiger partial charge is 0.150 e. The molecule has 0 unspecified atom stereocenters. The minimum atomic E-state index is -0.171. The van der Waals surface area contributed by atoms with E-state index in [2.05, 4.69) is 106 Å². The predicted molar refractivity (Wildman–Crippen MR) is 135 cm³/mol. The summed E-state index contributed by atoms with van der Waals surface area (Å²) in [5.74, 6) is 0. The maximum atomic E-state index is 11.4. The van der Waals surface area contributed by atoms with Gasteiger partial charge in [0.25, 0.3) is 0 Å². The van der Waals surface area contributed by atoms with Crippen molar-refractivity contribution in [2.24, 2.45) is 0 Å². The summed E-state index contributed by atoms with van der Waals surface area (Å²) in [5, 5.41) is 2.30. The maximum Gasteiger partial charge on any atom is 0.150 e. The van der Waals surface area contributed by atoms with Crippen LogP contribution < -0.4 is 4.90 Å². The quantitative estimate of drug-likeness (QED) is 0.306. The molecule has 4 aromatic rings. The average Bonchev–Trinajstić information content (AvgIpc) is 2.78. The van der Waals surface area contributed by atoms with Gasteiger partial charge in [-0.2, -0.15) is 0 Å². The Morgan fingerprint density at radius 1 is 0.812 bits per heavy atom. The summed E-state index contributed by atoms with van der Waals surface area (Å²) in [6.07, 6.45) is 0.919. The van der Waals surface area contributed by atoms with Gasteiger partial charge in [0.1, 0.15) is 6.29 Å². The van der Waals surface area contributed by atoms with Gasteiger partial charge in [0.2, 0.25) is 0 Å². The van der Waals surface area contributed by atoms with Crippen molar-refractivity contribution in [1.29, 1.82) is 0 Å². The third kappa shape index (κ3) is 3.05. The normalized spacial score (nSPS) is 14.7. The Morgan fingerprint density at radius 3 is 2.22 bits per heavy atom. The fraction of sp³-hybridized carbons (Fsp3) is 0.233. The third-order valence-electron chi connectivity index (χ3n) is 6.83. The Labute approximate surface area is 190 Å². The lowest BCUT2D eigenvalue weighted by Crippen LogP contribution is -2.31. The highest BCUT2D eigenvalue weighted by Crippen LogP contribution is 2.53. The van der Waals surface area contributed by atoms with Crippen LogP contribution in [0.25, 0.3) is 10.8 Å². The van der Waals surface area contributed by atoms with E-state index in [0.29, 0.717) is 5.56 Å². The zero-order valence-electron chi connectivity index (χ0n) is 19.4. The maximum absolute atomic E-state index is 11.4. The van der Waals surface area contributed by atoms with E-state index in [0.717, 1.165) is 17.4 Å². The molecular weight excluding hydrogens is 390 g/mol. The lowest BCUT2D eigenvalue weighted by molar-refractivity contribution is 0.112. The minimum absolute atomic E-state index is 0.116. The van der Waals surface area contributed by atoms with E-state index in [4.69, 9.17) is 0 Å². The molecule has 0 N–H and O–H groups in total. The van der Waals surface area contributed by atoms with E-state index < -0.39 is 0 Å². The van der Waals surface area contributed by atoms with Crippen molar-refractivity contribution in [3.8, 4) is 0 Å². The average molecular weight is 420 g/mol. The number of rotatable bonds is 2. The standard InChI is InChI=1S/C30H29NO/c1-29(2,3)22-12-14-23(15-13-22)31-26-9-7-6-8-25(26)30(4,5)28-24-16-10-20(19-32)18-21(24)11-17-27(28)31/h6-19H,1-5H3. The van der Waals surface area contributed by atoms with Crippen LogP contribution in [0.5, 0.6) is 0 Å². The summed E-state index contributed by atoms with van der Waals surface area (Å²) in [6, 6.07) is 28.0. The Bertz CT molecular complexity index is 1340. The van der Waals surface area contributed by atoms with Gasteiger partial charge in [0.05, 0.1) is 11.4 Å². The fourth-order valence-electron chi connectivity index (χ4n) is 5.10. The number of aldehydes is 1. The zero-order chi connectivity index (χ0) is 22.7. The van der Waals surface area contributed by atoms with E-state index in [1.54, 1.807) is 0 Å². The Balaban J connectivity index is 1.80. The van der Waals surface area contributed by atoms with Crippen molar-refractivity contribution in [2.45, 2.75) is 45.4 Å². The topological polar surface area (TPSA) is 20.3 Å². The van der Waals surface area contributed by atoms with Crippen molar-refractivity contribution in [3.63, 3.8) is 0 Å². The van der Waals surface area contributed by atoms with Gasteiger partial charge < -0.3 is 4.90 Å². The van der Waals surface area contributed by atoms with Crippen molar-refractivity contribution in [1.82, 2.24) is 0 Å². The van der Waals surface area contributed by atoms with Gasteiger partial charge in [-0.3, -0.25) is 4.79 Å². The van der Waals surface area contributed by atoms with E-state index >= 15 is 0 Å². The number of anilines is 3. The van der Waals surface area contributed by atoms with E-state index in [1.807, 2.05) is 12.1 Å². The summed E-state index contributed by atoms with van der Waals surface area (Å²) < 4.78 is 0. The number of carbonyl (C=O) groups is 1. The first-order chi connectivity index (χ1) is 15.2. The lowest BCUT2D eigenvalue weighted by atomic mass is 9.71. The van der Waals surface area contributed by atoms with Crippen molar-refractivity contribution >= 4 is 34.1 Å². The van der Waals surface area contributed by atoms with Crippen LogP contribution in [-0.2, 0) is 10.8 Å². The minimum Gasteiger partial charge on any atom is -0.310 e. The summed E-state index contributed by atoms with van der Waals surface area (Å²) in [7, 11) is 0. The lowest BCUT2D eigenvalue weighted by Gasteiger charge is -2.42. The van der Waals surface area contributed by atoms with Gasteiger partial charge in [-0.15, -0.1) is 0 Å². The molecule has 0 bridgehead atoms. The van der Waals surface area contributed by atoms with Gasteiger partial charge in [-0.1, -0.05) is 83.1 Å². The largest absolute Gasteiger partial charge is 0.310 e. The molecule has 0 aliphatic carbocycles. The Kier molecular flexibility index (Phi) is 4.53. The highest BCUT2D eigenvalue weighted by Gasteiger charge is 2.38. The molecule has 0 saturated heterocycles. The molecule has 32 heavy (non-hydrogen) atoms. The highest BCUT2D eigenvalue weighted by atomic mass is 16.1. The monoisotopic (exact) mass is 419 g/mol. The molecule has 1 heterocycles. The van der Waals surface area contributed by atoms with Gasteiger partial charge in [0, 0.05) is 16.7 Å². The molecule has 160 valence electrons. The van der Waals surface area contributed by atoms with Gasteiger partial charge in [0.15, 0.2) is 0 Å². The van der Waals surface area contributed by atoms with Crippen LogP contribution >= 0.6 is 0 Å². The molecule has 2 heteroatoms. The second-order valence-corrected chi connectivity index (χ2v) is 10.3. The van der Waals surface area contributed by atoms with Crippen LogP contribution in [0.4, 0.5) is 17.1 Å². The number of carbonyl (C=O) groups excluding carboxylic acids is 1. The van der Waals surface area contributed by atoms with E-state index in [9.17, 15) is 4.79 Å². The highest BCUT2D eigenvalue weighted by molar-refractivity contribution is 5.99. The van der Waals surface area contributed by atoms with Crippen LogP contribution in [0.15, 0.2) is 78.9 Å². The molecule has 1 aliphatic heterocycles. The molecule has 0 atom stereocenters. The van der Waals surface area contributed by atoms with Crippen LogP contribution in [-0.4, -0.2) is 6.29 Å². The Hall–Kier alpha value is -3.39. The number of para-hydroxylation sites is 1. The predicted octanol–water partition coefficient (Wildman–Crippen LogP) is 8.06. The van der Waals surface area contributed by atoms with E-state index in [1.165, 1.54) is 33.5 Å². The molecule has 0 amide bonds. The molecule has 2 nitrogen and oxygen atoms in total. The molecule has 0 spiro atoms. The number of hydrogen-bond donors (Lipinski definition) is 0. The fourth-order valence-corrected chi connectivity index (χ4v) is 5.10. The van der Waals surface area contributed by atoms with Crippen molar-refractivity contribution < 1.29 is 4.79 Å². The zero-order valence-corrected chi connectivity index (χ0v) is 19.4. The first kappa shape index (κ1) is 20.5. The molecule has 0 aromatic heterocycles. The van der Waals surface area contributed by atoms with Crippen molar-refractivity contribution in [2.75, 3.05) is 4.90 Å². The van der Waals surface area contributed by atoms with Crippen LogP contribution in [0.3, 0.4) is 0 Å². The van der Waals surface area contributed by atoms with Crippen LogP contribution in [0, 0.1) is 0 Å². The summed E-state index contributed by atoms with van der Waals surface area (Å²) in [6.45, 7) is 11.3. The van der Waals surface area contributed by atoms with Gasteiger partial charge in [-0.25, -0.2) is 0 Å². The molecule has 0 radical (unpaired) electrons. The van der Waals surface area contributed by atoms with Gasteiger partial charge in [-0.05, 0) is 63.2 Å². The molecule has 0 saturated carbocycles. The SMILES string of the molecule is CC(C)(C)c1ccc(N2c3ccccc3C(C)(C)c3c2ccc2cc(C=O)ccc32)cc1. The number of hydrogen-bond acceptors (Lipinski definition) is 2. The second kappa shape index (κ2) is 7.06. The molecule has 0 fully saturated rings. The number of benzene rings is 4. The third-order valence-corrected chi connectivity index (χ3v) is 6.83.